The summed E-state index contributed by atoms with van der Waals surface area (Å²) < 4.78 is 1.06. The lowest BCUT2D eigenvalue weighted by Crippen LogP contribution is -2.39. The molecule has 2 atom stereocenters. The van der Waals surface area contributed by atoms with E-state index in [0.717, 1.165) is 25.9 Å². The fourth-order valence-electron chi connectivity index (χ4n) is 2.78. The maximum Gasteiger partial charge on any atom is 0.256 e. The third kappa shape index (κ3) is 2.39. The van der Waals surface area contributed by atoms with E-state index in [0.29, 0.717) is 26.3 Å². The van der Waals surface area contributed by atoms with Crippen LogP contribution < -0.4 is 5.32 Å². The average molecular weight is 305 g/mol. The van der Waals surface area contributed by atoms with Crippen LogP contribution in [0.2, 0.25) is 8.67 Å². The molecule has 2 aliphatic rings. The van der Waals surface area contributed by atoms with E-state index in [1.165, 1.54) is 17.8 Å². The Hall–Kier alpha value is -0.290. The fourth-order valence-corrected chi connectivity index (χ4v) is 4.23. The highest BCUT2D eigenvalue weighted by molar-refractivity contribution is 7.20. The number of nitrogens with zero attached hydrogens (tertiary/aromatic N) is 1. The molecule has 2 fully saturated rings. The number of hydrogen-bond donors (Lipinski definition) is 1. The number of rotatable bonds is 1. The molecule has 0 aliphatic carbocycles. The predicted octanol–water partition coefficient (Wildman–Crippen LogP) is 3.02. The van der Waals surface area contributed by atoms with Crippen molar-refractivity contribution in [3.8, 4) is 0 Å². The third-order valence-electron chi connectivity index (χ3n) is 3.70. The lowest BCUT2D eigenvalue weighted by molar-refractivity contribution is 0.0749. The fraction of sp³-hybridized carbons (Fsp3) is 0.583. The van der Waals surface area contributed by atoms with Gasteiger partial charge in [0.05, 0.1) is 9.90 Å². The van der Waals surface area contributed by atoms with Crippen molar-refractivity contribution in [1.82, 2.24) is 10.2 Å². The Morgan fingerprint density at radius 2 is 2.11 bits per heavy atom. The maximum absolute atomic E-state index is 12.4. The van der Waals surface area contributed by atoms with Crippen molar-refractivity contribution >= 4 is 40.4 Å². The lowest BCUT2D eigenvalue weighted by atomic mass is 10.1. The predicted molar refractivity (Wildman–Crippen MR) is 74.8 cm³/mol. The monoisotopic (exact) mass is 304 g/mol. The molecule has 3 rings (SSSR count). The normalized spacial score (nSPS) is 27.3. The summed E-state index contributed by atoms with van der Waals surface area (Å²) in [6.07, 6.45) is 3.42. The molecule has 0 aromatic carbocycles. The Labute approximate surface area is 120 Å². The molecule has 98 valence electrons. The summed E-state index contributed by atoms with van der Waals surface area (Å²) in [5, 5.41) is 3.56. The summed E-state index contributed by atoms with van der Waals surface area (Å²) >= 11 is 13.2. The molecular formula is C12H14Cl2N2OS. The van der Waals surface area contributed by atoms with Crippen LogP contribution in [0.4, 0.5) is 0 Å². The highest BCUT2D eigenvalue weighted by Gasteiger charge is 2.32. The zero-order valence-corrected chi connectivity index (χ0v) is 12.1. The molecule has 3 heterocycles. The first-order valence-electron chi connectivity index (χ1n) is 6.13. The van der Waals surface area contributed by atoms with Crippen LogP contribution in [0.5, 0.6) is 0 Å². The second-order valence-corrected chi connectivity index (χ2v) is 7.20. The van der Waals surface area contributed by atoms with Gasteiger partial charge in [-0.25, -0.2) is 0 Å². The topological polar surface area (TPSA) is 32.3 Å². The number of amides is 1. The number of hydrogen-bond acceptors (Lipinski definition) is 3. The summed E-state index contributed by atoms with van der Waals surface area (Å²) in [6, 6.07) is 2.69. The van der Waals surface area contributed by atoms with Gasteiger partial charge < -0.3 is 10.2 Å². The average Bonchev–Trinajstić information content (AvgIpc) is 2.81. The first kappa shape index (κ1) is 12.7. The number of carbonyl (C=O) groups excluding carboxylic acids is 1. The number of nitrogens with one attached hydrogen (secondary N) is 1. The zero-order valence-electron chi connectivity index (χ0n) is 9.79. The highest BCUT2D eigenvalue weighted by Crippen LogP contribution is 2.32. The van der Waals surface area contributed by atoms with E-state index in [4.69, 9.17) is 23.2 Å². The molecule has 1 aromatic rings. The minimum absolute atomic E-state index is 0.0116. The van der Waals surface area contributed by atoms with Gasteiger partial charge >= 0.3 is 0 Å². The molecule has 1 aromatic heterocycles. The summed E-state index contributed by atoms with van der Waals surface area (Å²) in [4.78, 5) is 14.3. The molecule has 1 N–H and O–H groups in total. The number of carbonyl (C=O) groups is 1. The maximum atomic E-state index is 12.4. The standard InChI is InChI=1S/C12H14Cl2N2OS/c13-10-5-9(11(14)18-10)12(17)16-4-3-7-1-2-8(6-16)15-7/h5,7-8,15H,1-4,6H2. The molecule has 0 spiro atoms. The van der Waals surface area contributed by atoms with Gasteiger partial charge in [-0.1, -0.05) is 23.2 Å². The van der Waals surface area contributed by atoms with Gasteiger partial charge in [-0.3, -0.25) is 4.79 Å². The van der Waals surface area contributed by atoms with E-state index >= 15 is 0 Å². The van der Waals surface area contributed by atoms with E-state index in [9.17, 15) is 4.79 Å². The van der Waals surface area contributed by atoms with Crippen LogP contribution in [0.3, 0.4) is 0 Å². The summed E-state index contributed by atoms with van der Waals surface area (Å²) in [6.45, 7) is 1.58. The molecule has 6 heteroatoms. The molecule has 2 unspecified atom stereocenters. The Morgan fingerprint density at radius 1 is 1.33 bits per heavy atom. The Bertz CT molecular complexity index is 477. The highest BCUT2D eigenvalue weighted by atomic mass is 35.5. The first-order valence-corrected chi connectivity index (χ1v) is 7.71. The molecule has 1 amide bonds. The van der Waals surface area contributed by atoms with Crippen molar-refractivity contribution in [1.29, 1.82) is 0 Å². The van der Waals surface area contributed by atoms with E-state index in [1.807, 2.05) is 4.90 Å². The largest absolute Gasteiger partial charge is 0.337 e. The number of halogens is 2. The van der Waals surface area contributed by atoms with E-state index in [-0.39, 0.29) is 5.91 Å². The van der Waals surface area contributed by atoms with Gasteiger partial charge in [-0.05, 0) is 25.3 Å². The van der Waals surface area contributed by atoms with E-state index < -0.39 is 0 Å². The van der Waals surface area contributed by atoms with Crippen molar-refractivity contribution in [2.75, 3.05) is 13.1 Å². The van der Waals surface area contributed by atoms with Crippen molar-refractivity contribution < 1.29 is 4.79 Å². The van der Waals surface area contributed by atoms with Gasteiger partial charge in [0.15, 0.2) is 0 Å². The Morgan fingerprint density at radius 3 is 2.83 bits per heavy atom. The third-order valence-corrected chi connectivity index (χ3v) is 5.19. The van der Waals surface area contributed by atoms with Crippen molar-refractivity contribution in [3.63, 3.8) is 0 Å². The van der Waals surface area contributed by atoms with E-state index in [2.05, 4.69) is 5.32 Å². The Balaban J connectivity index is 1.78. The van der Waals surface area contributed by atoms with Crippen LogP contribution in [0, 0.1) is 0 Å². The van der Waals surface area contributed by atoms with Crippen LogP contribution in [-0.2, 0) is 0 Å². The van der Waals surface area contributed by atoms with Gasteiger partial charge in [0.1, 0.15) is 4.34 Å². The molecule has 0 saturated carbocycles. The zero-order chi connectivity index (χ0) is 12.7. The van der Waals surface area contributed by atoms with Crippen molar-refractivity contribution in [2.45, 2.75) is 31.3 Å². The second-order valence-electron chi connectivity index (χ2n) is 4.92. The molecule has 18 heavy (non-hydrogen) atoms. The minimum Gasteiger partial charge on any atom is -0.337 e. The first-order chi connectivity index (χ1) is 8.63. The summed E-state index contributed by atoms with van der Waals surface area (Å²) in [5.41, 5.74) is 0.546. The molecule has 2 saturated heterocycles. The summed E-state index contributed by atoms with van der Waals surface area (Å²) in [7, 11) is 0. The SMILES string of the molecule is O=C(c1cc(Cl)sc1Cl)N1CCC2CCC(C1)N2. The van der Waals surface area contributed by atoms with Crippen LogP contribution in [0.15, 0.2) is 6.07 Å². The van der Waals surface area contributed by atoms with Crippen LogP contribution in [0.25, 0.3) is 0 Å². The van der Waals surface area contributed by atoms with Gasteiger partial charge in [-0.2, -0.15) is 0 Å². The summed E-state index contributed by atoms with van der Waals surface area (Å²) in [5.74, 6) is 0.0116. The van der Waals surface area contributed by atoms with Crippen LogP contribution in [0.1, 0.15) is 29.6 Å². The molecule has 2 bridgehead atoms. The van der Waals surface area contributed by atoms with Gasteiger partial charge in [0.25, 0.3) is 5.91 Å². The van der Waals surface area contributed by atoms with Crippen molar-refractivity contribution in [3.05, 3.63) is 20.3 Å². The molecular weight excluding hydrogens is 291 g/mol. The Kier molecular flexibility index (Phi) is 3.54. The van der Waals surface area contributed by atoms with Crippen LogP contribution in [-0.4, -0.2) is 36.0 Å². The molecule has 3 nitrogen and oxygen atoms in total. The van der Waals surface area contributed by atoms with Gasteiger partial charge in [-0.15, -0.1) is 11.3 Å². The quantitative estimate of drug-likeness (QED) is 0.865. The smallest absolute Gasteiger partial charge is 0.256 e. The minimum atomic E-state index is 0.0116. The van der Waals surface area contributed by atoms with Crippen molar-refractivity contribution in [2.24, 2.45) is 0 Å². The van der Waals surface area contributed by atoms with Gasteiger partial charge in [0, 0.05) is 25.2 Å². The second kappa shape index (κ2) is 5.00. The van der Waals surface area contributed by atoms with Gasteiger partial charge in [0.2, 0.25) is 0 Å². The van der Waals surface area contributed by atoms with Crippen LogP contribution >= 0.6 is 34.5 Å². The number of fused-ring (bicyclic) bond motifs is 2. The lowest BCUT2D eigenvalue weighted by Gasteiger charge is -2.24. The number of thiophene rings is 1. The van der Waals surface area contributed by atoms with E-state index in [1.54, 1.807) is 6.07 Å². The molecule has 0 radical (unpaired) electrons. The number of likely N-dealkylation sites (tertiary alicyclic amines) is 1. The molecule has 2 aliphatic heterocycles.